The molecule has 2 N–H and O–H groups in total. The van der Waals surface area contributed by atoms with Crippen LogP contribution in [0.5, 0.6) is 0 Å². The van der Waals surface area contributed by atoms with E-state index in [0.717, 1.165) is 30.3 Å². The summed E-state index contributed by atoms with van der Waals surface area (Å²) in [5.74, 6) is 1.35. The molecule has 2 aromatic heterocycles. The minimum Gasteiger partial charge on any atom is -0.444 e. The molecule has 4 rings (SSSR count). The standard InChI is InChI=1S/C24H26N6O/c1-2-25-24(27-16-22-18-31-23(29-22)19-9-4-3-5-10-19)26-15-20-11-6-7-12-21(20)17-30-14-8-13-28-30/h3-14,18H,2,15-17H2,1H3,(H2,25,26,27). The molecule has 0 saturated carbocycles. The van der Waals surface area contributed by atoms with Crippen LogP contribution < -0.4 is 10.6 Å². The van der Waals surface area contributed by atoms with Gasteiger partial charge in [0.2, 0.25) is 5.89 Å². The van der Waals surface area contributed by atoms with Crippen molar-refractivity contribution in [1.29, 1.82) is 0 Å². The summed E-state index contributed by atoms with van der Waals surface area (Å²) in [4.78, 5) is 9.33. The highest BCUT2D eigenvalue weighted by atomic mass is 16.3. The fourth-order valence-electron chi connectivity index (χ4n) is 3.22. The molecular formula is C24H26N6O. The SMILES string of the molecule is CCNC(=NCc1ccccc1Cn1cccn1)NCc1coc(-c2ccccc2)n1. The molecule has 2 aromatic carbocycles. The first-order chi connectivity index (χ1) is 15.3. The third kappa shape index (κ3) is 5.60. The zero-order chi connectivity index (χ0) is 21.3. The molecule has 0 unspecified atom stereocenters. The third-order valence-corrected chi connectivity index (χ3v) is 4.77. The minimum atomic E-state index is 0.525. The number of guanidine groups is 1. The van der Waals surface area contributed by atoms with E-state index in [-0.39, 0.29) is 0 Å². The van der Waals surface area contributed by atoms with Crippen molar-refractivity contribution in [3.63, 3.8) is 0 Å². The highest BCUT2D eigenvalue weighted by Crippen LogP contribution is 2.17. The Balaban J connectivity index is 1.41. The molecule has 0 atom stereocenters. The van der Waals surface area contributed by atoms with E-state index >= 15 is 0 Å². The van der Waals surface area contributed by atoms with Gasteiger partial charge in [-0.2, -0.15) is 5.10 Å². The van der Waals surface area contributed by atoms with E-state index < -0.39 is 0 Å². The van der Waals surface area contributed by atoms with Gasteiger partial charge in [0.15, 0.2) is 5.96 Å². The van der Waals surface area contributed by atoms with Gasteiger partial charge >= 0.3 is 0 Å². The molecule has 0 radical (unpaired) electrons. The molecule has 0 aliphatic carbocycles. The predicted octanol–water partition coefficient (Wildman–Crippen LogP) is 3.84. The van der Waals surface area contributed by atoms with E-state index in [4.69, 9.17) is 9.41 Å². The first-order valence-corrected chi connectivity index (χ1v) is 10.4. The van der Waals surface area contributed by atoms with Crippen LogP contribution in [0.25, 0.3) is 11.5 Å². The molecule has 0 saturated heterocycles. The lowest BCUT2D eigenvalue weighted by molar-refractivity contribution is 0.572. The molecule has 2 heterocycles. The normalized spacial score (nSPS) is 11.5. The molecular weight excluding hydrogens is 388 g/mol. The molecule has 4 aromatic rings. The first-order valence-electron chi connectivity index (χ1n) is 10.4. The van der Waals surface area contributed by atoms with Gasteiger partial charge in [-0.05, 0) is 36.2 Å². The second-order valence-electron chi connectivity index (χ2n) is 7.03. The number of oxazole rings is 1. The maximum atomic E-state index is 5.62. The highest BCUT2D eigenvalue weighted by molar-refractivity contribution is 5.79. The summed E-state index contributed by atoms with van der Waals surface area (Å²) in [7, 11) is 0. The number of aliphatic imine (C=N–C) groups is 1. The van der Waals surface area contributed by atoms with Gasteiger partial charge in [0.25, 0.3) is 0 Å². The lowest BCUT2D eigenvalue weighted by Crippen LogP contribution is -2.36. The largest absolute Gasteiger partial charge is 0.444 e. The molecule has 0 aliphatic rings. The Labute approximate surface area is 181 Å². The summed E-state index contributed by atoms with van der Waals surface area (Å²) in [5, 5.41) is 10.9. The monoisotopic (exact) mass is 414 g/mol. The Morgan fingerprint density at radius 2 is 1.81 bits per heavy atom. The zero-order valence-corrected chi connectivity index (χ0v) is 17.5. The lowest BCUT2D eigenvalue weighted by Gasteiger charge is -2.12. The molecule has 0 amide bonds. The van der Waals surface area contributed by atoms with Gasteiger partial charge in [0.1, 0.15) is 6.26 Å². The van der Waals surface area contributed by atoms with Crippen molar-refractivity contribution in [3.8, 4) is 11.5 Å². The highest BCUT2D eigenvalue weighted by Gasteiger charge is 2.08. The van der Waals surface area contributed by atoms with Gasteiger partial charge in [0, 0.05) is 24.5 Å². The molecule has 0 spiro atoms. The van der Waals surface area contributed by atoms with E-state index in [1.165, 1.54) is 11.1 Å². The van der Waals surface area contributed by atoms with Crippen LogP contribution in [0.4, 0.5) is 0 Å². The number of nitrogens with one attached hydrogen (secondary N) is 2. The summed E-state index contributed by atoms with van der Waals surface area (Å²) in [6.07, 6.45) is 5.44. The minimum absolute atomic E-state index is 0.525. The maximum absolute atomic E-state index is 5.62. The maximum Gasteiger partial charge on any atom is 0.226 e. The van der Waals surface area contributed by atoms with Crippen LogP contribution in [0.1, 0.15) is 23.7 Å². The Morgan fingerprint density at radius 3 is 2.58 bits per heavy atom. The summed E-state index contributed by atoms with van der Waals surface area (Å²) >= 11 is 0. The van der Waals surface area contributed by atoms with E-state index in [9.17, 15) is 0 Å². The van der Waals surface area contributed by atoms with Crippen molar-refractivity contribution in [1.82, 2.24) is 25.4 Å². The van der Waals surface area contributed by atoms with Crippen molar-refractivity contribution >= 4 is 5.96 Å². The van der Waals surface area contributed by atoms with Crippen LogP contribution >= 0.6 is 0 Å². The number of nitrogens with zero attached hydrogens (tertiary/aromatic N) is 4. The Morgan fingerprint density at radius 1 is 1.00 bits per heavy atom. The van der Waals surface area contributed by atoms with Gasteiger partial charge in [-0.3, -0.25) is 4.68 Å². The molecule has 158 valence electrons. The number of aromatic nitrogens is 3. The lowest BCUT2D eigenvalue weighted by atomic mass is 10.1. The number of hydrogen-bond acceptors (Lipinski definition) is 4. The average Bonchev–Trinajstić information content (AvgIpc) is 3.49. The fraction of sp³-hybridized carbons (Fsp3) is 0.208. The second-order valence-corrected chi connectivity index (χ2v) is 7.03. The van der Waals surface area contributed by atoms with E-state index in [2.05, 4.69) is 32.8 Å². The second kappa shape index (κ2) is 10.2. The fourth-order valence-corrected chi connectivity index (χ4v) is 3.22. The van der Waals surface area contributed by atoms with Gasteiger partial charge < -0.3 is 15.1 Å². The van der Waals surface area contributed by atoms with Gasteiger partial charge in [0.05, 0.1) is 25.3 Å². The van der Waals surface area contributed by atoms with E-state index in [1.54, 1.807) is 12.5 Å². The number of rotatable bonds is 8. The Hall–Kier alpha value is -3.87. The molecule has 0 fully saturated rings. The molecule has 0 bridgehead atoms. The van der Waals surface area contributed by atoms with Crippen molar-refractivity contribution in [3.05, 3.63) is 96.1 Å². The third-order valence-electron chi connectivity index (χ3n) is 4.77. The summed E-state index contributed by atoms with van der Waals surface area (Å²) in [6.45, 7) is 4.64. The van der Waals surface area contributed by atoms with Crippen LogP contribution in [-0.2, 0) is 19.6 Å². The zero-order valence-electron chi connectivity index (χ0n) is 17.5. The van der Waals surface area contributed by atoms with Crippen LogP contribution in [0, 0.1) is 0 Å². The molecule has 31 heavy (non-hydrogen) atoms. The van der Waals surface area contributed by atoms with Crippen LogP contribution in [0.15, 0.2) is 88.7 Å². The smallest absolute Gasteiger partial charge is 0.226 e. The Bertz CT molecular complexity index is 1100. The molecule has 7 nitrogen and oxygen atoms in total. The van der Waals surface area contributed by atoms with Crippen LogP contribution in [0.3, 0.4) is 0 Å². The summed E-state index contributed by atoms with van der Waals surface area (Å²) < 4.78 is 7.54. The number of benzene rings is 2. The van der Waals surface area contributed by atoms with Crippen LogP contribution in [-0.4, -0.2) is 27.3 Å². The molecule has 0 aliphatic heterocycles. The van der Waals surface area contributed by atoms with Crippen molar-refractivity contribution in [2.45, 2.75) is 26.6 Å². The quantitative estimate of drug-likeness (QED) is 0.338. The van der Waals surface area contributed by atoms with E-state index in [0.29, 0.717) is 19.0 Å². The summed E-state index contributed by atoms with van der Waals surface area (Å²) in [6, 6.07) is 20.1. The van der Waals surface area contributed by atoms with Crippen LogP contribution in [0.2, 0.25) is 0 Å². The topological polar surface area (TPSA) is 80.3 Å². The Kier molecular flexibility index (Phi) is 6.74. The van der Waals surface area contributed by atoms with E-state index in [1.807, 2.05) is 66.3 Å². The van der Waals surface area contributed by atoms with Crippen molar-refractivity contribution in [2.75, 3.05) is 6.54 Å². The predicted molar refractivity (Wildman–Crippen MR) is 121 cm³/mol. The summed E-state index contributed by atoms with van der Waals surface area (Å²) in [5.41, 5.74) is 4.16. The first kappa shape index (κ1) is 20.4. The average molecular weight is 415 g/mol. The van der Waals surface area contributed by atoms with Crippen molar-refractivity contribution < 1.29 is 4.42 Å². The van der Waals surface area contributed by atoms with Gasteiger partial charge in [-0.1, -0.05) is 42.5 Å². The number of hydrogen-bond donors (Lipinski definition) is 2. The molecule has 7 heteroatoms. The van der Waals surface area contributed by atoms with Crippen molar-refractivity contribution in [2.24, 2.45) is 4.99 Å². The van der Waals surface area contributed by atoms with Gasteiger partial charge in [-0.25, -0.2) is 9.98 Å². The van der Waals surface area contributed by atoms with Gasteiger partial charge in [-0.15, -0.1) is 0 Å².